The van der Waals surface area contributed by atoms with Crippen LogP contribution in [-0.2, 0) is 14.6 Å². The average Bonchev–Trinajstić information content (AvgIpc) is 3.69. The molecule has 1 saturated heterocycles. The minimum absolute atomic E-state index is 0.00605. The Labute approximate surface area is 247 Å². The van der Waals surface area contributed by atoms with Crippen LogP contribution in [0.4, 0.5) is 0 Å². The quantitative estimate of drug-likeness (QED) is 0.205. The second-order valence-electron chi connectivity index (χ2n) is 11.7. The predicted octanol–water partition coefficient (Wildman–Crippen LogP) is 6.61. The second-order valence-corrected chi connectivity index (χ2v) is 11.7. The van der Waals surface area contributed by atoms with Crippen molar-refractivity contribution in [1.29, 1.82) is 0 Å². The van der Waals surface area contributed by atoms with E-state index in [4.69, 9.17) is 24.8 Å². The number of fused-ring (bicyclic) bond motifs is 5. The van der Waals surface area contributed by atoms with Crippen molar-refractivity contribution in [3.8, 4) is 0 Å². The molecule has 8 nitrogen and oxygen atoms in total. The van der Waals surface area contributed by atoms with E-state index in [9.17, 15) is 9.90 Å². The van der Waals surface area contributed by atoms with E-state index in [0.29, 0.717) is 30.1 Å². The first kappa shape index (κ1) is 28.2. The van der Waals surface area contributed by atoms with Gasteiger partial charge in [-0.1, -0.05) is 13.8 Å². The Morgan fingerprint density at radius 2 is 1.83 bits per heavy atom. The summed E-state index contributed by atoms with van der Waals surface area (Å²) in [5.41, 5.74) is 13.2. The van der Waals surface area contributed by atoms with Crippen molar-refractivity contribution in [2.45, 2.75) is 67.2 Å². The van der Waals surface area contributed by atoms with Crippen LogP contribution in [0.15, 0.2) is 106 Å². The minimum atomic E-state index is -0.00605. The zero-order valence-corrected chi connectivity index (χ0v) is 25.4. The Morgan fingerprint density at radius 3 is 2.55 bits per heavy atom. The molecule has 0 radical (unpaired) electrons. The van der Waals surface area contributed by atoms with Crippen LogP contribution in [0.5, 0.6) is 0 Å². The number of ketones is 1. The van der Waals surface area contributed by atoms with Crippen molar-refractivity contribution in [3.63, 3.8) is 0 Å². The first-order valence-electron chi connectivity index (χ1n) is 14.8. The summed E-state index contributed by atoms with van der Waals surface area (Å²) in [5.74, 6) is 0.814. The van der Waals surface area contributed by atoms with E-state index >= 15 is 0 Å². The number of aliphatic imine (C=N–C) groups is 3. The minimum Gasteiger partial charge on any atom is -0.511 e. The molecule has 1 aliphatic carbocycles. The summed E-state index contributed by atoms with van der Waals surface area (Å²) in [5, 5.41) is 14.9. The van der Waals surface area contributed by atoms with Gasteiger partial charge in [-0.3, -0.25) is 4.79 Å². The number of carbonyl (C=O) groups is 1. The fraction of sp³-hybridized carbons (Fsp3) is 0.412. The van der Waals surface area contributed by atoms with Crippen molar-refractivity contribution < 1.29 is 19.7 Å². The van der Waals surface area contributed by atoms with Crippen LogP contribution in [0.3, 0.4) is 0 Å². The van der Waals surface area contributed by atoms with Crippen molar-refractivity contribution >= 4 is 22.9 Å². The molecule has 2 N–H and O–H groups in total. The summed E-state index contributed by atoms with van der Waals surface area (Å²) in [4.78, 5) is 38.1. The molecule has 6 rings (SSSR count). The maximum Gasteiger partial charge on any atom is 0.162 e. The largest absolute Gasteiger partial charge is 0.511 e. The van der Waals surface area contributed by atoms with Crippen LogP contribution < -0.4 is 5.32 Å². The fourth-order valence-electron chi connectivity index (χ4n) is 6.95. The van der Waals surface area contributed by atoms with Gasteiger partial charge >= 0.3 is 0 Å². The number of hydrogen-bond donors (Lipinski definition) is 2. The third-order valence-electron chi connectivity index (χ3n) is 9.25. The van der Waals surface area contributed by atoms with E-state index in [1.807, 2.05) is 26.0 Å². The number of carbonyl (C=O) groups excluding carboxylic acids is 1. The normalized spacial score (nSPS) is 24.8. The van der Waals surface area contributed by atoms with Gasteiger partial charge in [0.15, 0.2) is 5.78 Å². The monoisotopic (exact) mass is 566 g/mol. The molecule has 1 fully saturated rings. The van der Waals surface area contributed by atoms with Crippen molar-refractivity contribution in [2.24, 2.45) is 26.8 Å². The molecule has 8 heteroatoms. The van der Waals surface area contributed by atoms with Gasteiger partial charge in [0.1, 0.15) is 5.76 Å². The summed E-state index contributed by atoms with van der Waals surface area (Å²) < 4.78 is 0. The van der Waals surface area contributed by atoms with E-state index < -0.39 is 0 Å². The molecule has 0 amide bonds. The van der Waals surface area contributed by atoms with Crippen LogP contribution in [0.2, 0.25) is 0 Å². The Kier molecular flexibility index (Phi) is 7.23. The summed E-state index contributed by atoms with van der Waals surface area (Å²) in [6.07, 6.45) is 8.97. The van der Waals surface area contributed by atoms with E-state index in [2.05, 4.69) is 32.2 Å². The maximum atomic E-state index is 12.9. The second kappa shape index (κ2) is 10.7. The van der Waals surface area contributed by atoms with E-state index in [1.54, 1.807) is 6.92 Å². The lowest BCUT2D eigenvalue weighted by Gasteiger charge is -2.13. The molecular formula is C34H38N4O4. The molecule has 0 unspecified atom stereocenters. The van der Waals surface area contributed by atoms with Gasteiger partial charge in [-0.2, -0.15) is 0 Å². The highest BCUT2D eigenvalue weighted by molar-refractivity contribution is 6.29. The third kappa shape index (κ3) is 4.44. The van der Waals surface area contributed by atoms with Crippen LogP contribution >= 0.6 is 0 Å². The topological polar surface area (TPSA) is 105 Å². The van der Waals surface area contributed by atoms with Gasteiger partial charge in [0.05, 0.1) is 47.9 Å². The molecule has 218 valence electrons. The Bertz CT molecular complexity index is 1670. The van der Waals surface area contributed by atoms with Gasteiger partial charge in [-0.25, -0.2) is 24.8 Å². The first-order valence-corrected chi connectivity index (χ1v) is 14.8. The molecule has 5 heterocycles. The van der Waals surface area contributed by atoms with E-state index in [1.165, 1.54) is 7.11 Å². The van der Waals surface area contributed by atoms with Crippen LogP contribution in [0, 0.1) is 11.8 Å². The highest BCUT2D eigenvalue weighted by Crippen LogP contribution is 2.45. The highest BCUT2D eigenvalue weighted by Gasteiger charge is 2.38. The third-order valence-corrected chi connectivity index (χ3v) is 9.25. The molecule has 0 aromatic carbocycles. The summed E-state index contributed by atoms with van der Waals surface area (Å²) in [7, 11) is 1.51. The highest BCUT2D eigenvalue weighted by atomic mass is 17.2. The van der Waals surface area contributed by atoms with Crippen molar-refractivity contribution in [3.05, 3.63) is 91.5 Å². The Hall–Kier alpha value is -3.88. The summed E-state index contributed by atoms with van der Waals surface area (Å²) in [6, 6.07) is 0. The summed E-state index contributed by atoms with van der Waals surface area (Å²) >= 11 is 0. The summed E-state index contributed by atoms with van der Waals surface area (Å²) in [6.45, 7) is 12.5. The van der Waals surface area contributed by atoms with Gasteiger partial charge in [0.25, 0.3) is 0 Å². The number of aliphatic hydroxyl groups excluding tert-OH is 1. The van der Waals surface area contributed by atoms with Crippen LogP contribution in [0.1, 0.15) is 67.2 Å². The van der Waals surface area contributed by atoms with E-state index in [0.717, 1.165) is 92.6 Å². The van der Waals surface area contributed by atoms with Gasteiger partial charge in [-0.15, -0.1) is 0 Å². The van der Waals surface area contributed by atoms with Gasteiger partial charge in [-0.05, 0) is 87.5 Å². The number of Topliss-reactive ketones (excluding diaryl/α,β-unsaturated/α-hetero) is 1. The standard InChI is InChI=1S/C34H38N4O4/c1-8-21-16(2)24-15-29-31(20(6)39)18(4)26(36-29)13-25-17(3)22(10-9-11-42-41-7)33(37-25)23-12-30(40)32-19(5)27(38-34(23)32)14-28(21)35-24/h13-16,21,35,40H,8-12H2,1-7H3/t16-,21-/m1/s1. The molecule has 2 atom stereocenters. The lowest BCUT2D eigenvalue weighted by molar-refractivity contribution is -0.272. The van der Waals surface area contributed by atoms with E-state index in [-0.39, 0.29) is 17.6 Å². The predicted molar refractivity (Wildman–Crippen MR) is 165 cm³/mol. The van der Waals surface area contributed by atoms with Crippen molar-refractivity contribution in [2.75, 3.05) is 13.7 Å². The maximum absolute atomic E-state index is 12.9. The smallest absolute Gasteiger partial charge is 0.162 e. The number of nitrogens with one attached hydrogen (secondary N) is 1. The number of nitrogens with zero attached hydrogens (tertiary/aromatic N) is 3. The molecule has 8 bridgehead atoms. The number of rotatable bonds is 7. The zero-order chi connectivity index (χ0) is 29.9. The SMILES string of the molecule is CC[C@H]1C2=CC3=C(C)C4=C(O)CC(=C5N=C(C=C6N=C(C=C(N2)[C@@H]1C)C(C(C)=O)=C6C)C(C)=C5CCCOOC)C4=N3. The molecule has 0 spiro atoms. The first-order chi connectivity index (χ1) is 20.1. The number of allylic oxidation sites excluding steroid dienone is 12. The molecule has 42 heavy (non-hydrogen) atoms. The molecule has 5 aliphatic heterocycles. The van der Waals surface area contributed by atoms with Gasteiger partial charge in [0, 0.05) is 46.4 Å². The number of hydrogen-bond acceptors (Lipinski definition) is 8. The Morgan fingerprint density at radius 1 is 1.05 bits per heavy atom. The number of aliphatic hydroxyl groups is 1. The molecule has 0 aromatic heterocycles. The lowest BCUT2D eigenvalue weighted by atomic mass is 9.89. The van der Waals surface area contributed by atoms with Crippen LogP contribution in [0.25, 0.3) is 0 Å². The Balaban J connectivity index is 1.59. The molecule has 0 aromatic rings. The van der Waals surface area contributed by atoms with Gasteiger partial charge in [0.2, 0.25) is 0 Å². The average molecular weight is 567 g/mol. The van der Waals surface area contributed by atoms with Gasteiger partial charge < -0.3 is 10.4 Å². The molecule has 0 saturated carbocycles. The van der Waals surface area contributed by atoms with Crippen LogP contribution in [-0.4, -0.2) is 41.7 Å². The molecule has 6 aliphatic rings. The van der Waals surface area contributed by atoms with Crippen molar-refractivity contribution in [1.82, 2.24) is 5.32 Å². The lowest BCUT2D eigenvalue weighted by Crippen LogP contribution is -2.12. The fourth-order valence-corrected chi connectivity index (χ4v) is 6.95. The molecular weight excluding hydrogens is 528 g/mol. The zero-order valence-electron chi connectivity index (χ0n) is 25.4.